The standard InChI is InChI=1S/C22H21N3O3/c1-14-5-4-6-15(2)20(14)25-22(27)17-11-16(12-23-13-17)21(26)24-18-7-9-19(28-3)10-8-18/h4-13H,1-3H3,(H,24,26)(H,25,27). The van der Waals surface area contributed by atoms with Gasteiger partial charge in [-0.15, -0.1) is 0 Å². The van der Waals surface area contributed by atoms with Gasteiger partial charge >= 0.3 is 0 Å². The Balaban J connectivity index is 1.75. The van der Waals surface area contributed by atoms with Gasteiger partial charge in [0.05, 0.1) is 18.2 Å². The molecule has 0 unspecified atom stereocenters. The molecular weight excluding hydrogens is 354 g/mol. The summed E-state index contributed by atoms with van der Waals surface area (Å²) in [7, 11) is 1.58. The van der Waals surface area contributed by atoms with E-state index < -0.39 is 0 Å². The lowest BCUT2D eigenvalue weighted by molar-refractivity contribution is 0.102. The van der Waals surface area contributed by atoms with Gasteiger partial charge in [0.1, 0.15) is 5.75 Å². The van der Waals surface area contributed by atoms with Crippen LogP contribution in [-0.2, 0) is 0 Å². The van der Waals surface area contributed by atoms with E-state index in [0.29, 0.717) is 22.6 Å². The van der Waals surface area contributed by atoms with E-state index in [-0.39, 0.29) is 11.8 Å². The molecule has 3 rings (SSSR count). The summed E-state index contributed by atoms with van der Waals surface area (Å²) in [4.78, 5) is 29.2. The molecule has 1 aromatic heterocycles. The molecule has 0 saturated heterocycles. The van der Waals surface area contributed by atoms with Crippen molar-refractivity contribution in [2.45, 2.75) is 13.8 Å². The second-order valence-electron chi connectivity index (χ2n) is 6.37. The number of benzene rings is 2. The molecule has 142 valence electrons. The Morgan fingerprint density at radius 2 is 1.43 bits per heavy atom. The highest BCUT2D eigenvalue weighted by atomic mass is 16.5. The average Bonchev–Trinajstić information content (AvgIpc) is 2.71. The van der Waals surface area contributed by atoms with Gasteiger partial charge in [0.15, 0.2) is 0 Å². The number of aromatic nitrogens is 1. The van der Waals surface area contributed by atoms with E-state index >= 15 is 0 Å². The molecule has 2 aromatic carbocycles. The maximum absolute atomic E-state index is 12.6. The molecule has 0 saturated carbocycles. The van der Waals surface area contributed by atoms with Crippen LogP contribution in [0, 0.1) is 13.8 Å². The minimum absolute atomic E-state index is 0.296. The van der Waals surface area contributed by atoms with Crippen molar-refractivity contribution in [2.75, 3.05) is 17.7 Å². The van der Waals surface area contributed by atoms with Gasteiger partial charge in [-0.2, -0.15) is 0 Å². The zero-order valence-electron chi connectivity index (χ0n) is 15.9. The highest BCUT2D eigenvalue weighted by Gasteiger charge is 2.13. The Morgan fingerprint density at radius 3 is 2.00 bits per heavy atom. The van der Waals surface area contributed by atoms with Crippen molar-refractivity contribution < 1.29 is 14.3 Å². The number of carbonyl (C=O) groups is 2. The number of hydrogen-bond donors (Lipinski definition) is 2. The molecule has 6 nitrogen and oxygen atoms in total. The molecular formula is C22H21N3O3. The number of aryl methyl sites for hydroxylation is 2. The van der Waals surface area contributed by atoms with Gasteiger partial charge in [0.25, 0.3) is 11.8 Å². The lowest BCUT2D eigenvalue weighted by Crippen LogP contribution is -2.17. The number of anilines is 2. The fourth-order valence-electron chi connectivity index (χ4n) is 2.76. The fourth-order valence-corrected chi connectivity index (χ4v) is 2.76. The Bertz CT molecular complexity index is 994. The lowest BCUT2D eigenvalue weighted by Gasteiger charge is -2.12. The minimum Gasteiger partial charge on any atom is -0.497 e. The molecule has 0 aliphatic rings. The summed E-state index contributed by atoms with van der Waals surface area (Å²) in [5, 5.41) is 5.68. The molecule has 2 amide bonds. The van der Waals surface area contributed by atoms with Gasteiger partial charge < -0.3 is 15.4 Å². The van der Waals surface area contributed by atoms with E-state index in [1.54, 1.807) is 31.4 Å². The van der Waals surface area contributed by atoms with Crippen LogP contribution in [0.2, 0.25) is 0 Å². The summed E-state index contributed by atoms with van der Waals surface area (Å²) in [5.41, 5.74) is 3.93. The van der Waals surface area contributed by atoms with Crippen LogP contribution >= 0.6 is 0 Å². The van der Waals surface area contributed by atoms with Crippen LogP contribution in [0.5, 0.6) is 5.75 Å². The van der Waals surface area contributed by atoms with Crippen molar-refractivity contribution >= 4 is 23.2 Å². The zero-order chi connectivity index (χ0) is 20.1. The lowest BCUT2D eigenvalue weighted by atomic mass is 10.1. The molecule has 0 aliphatic heterocycles. The molecule has 0 fully saturated rings. The number of pyridine rings is 1. The smallest absolute Gasteiger partial charge is 0.257 e. The van der Waals surface area contributed by atoms with Crippen molar-refractivity contribution in [3.05, 3.63) is 83.2 Å². The van der Waals surface area contributed by atoms with Crippen LogP contribution < -0.4 is 15.4 Å². The van der Waals surface area contributed by atoms with Gasteiger partial charge in [-0.1, -0.05) is 18.2 Å². The summed E-state index contributed by atoms with van der Waals surface area (Å²) < 4.78 is 5.10. The topological polar surface area (TPSA) is 80.3 Å². The first kappa shape index (κ1) is 19.1. The first-order chi connectivity index (χ1) is 13.5. The van der Waals surface area contributed by atoms with Crippen LogP contribution in [0.15, 0.2) is 60.9 Å². The molecule has 0 radical (unpaired) electrons. The van der Waals surface area contributed by atoms with E-state index in [2.05, 4.69) is 15.6 Å². The minimum atomic E-state index is -0.348. The number of amides is 2. The Hall–Kier alpha value is -3.67. The number of nitrogens with zero attached hydrogens (tertiary/aromatic N) is 1. The predicted molar refractivity (Wildman–Crippen MR) is 109 cm³/mol. The van der Waals surface area contributed by atoms with Crippen LogP contribution in [-0.4, -0.2) is 23.9 Å². The van der Waals surface area contributed by atoms with Crippen LogP contribution in [0.1, 0.15) is 31.8 Å². The number of carbonyl (C=O) groups excluding carboxylic acids is 2. The monoisotopic (exact) mass is 375 g/mol. The van der Waals surface area contributed by atoms with Gasteiger partial charge in [-0.25, -0.2) is 0 Å². The van der Waals surface area contributed by atoms with E-state index in [1.807, 2.05) is 32.0 Å². The quantitative estimate of drug-likeness (QED) is 0.700. The number of nitrogens with one attached hydrogen (secondary N) is 2. The molecule has 1 heterocycles. The van der Waals surface area contributed by atoms with Crippen molar-refractivity contribution in [2.24, 2.45) is 0 Å². The van der Waals surface area contributed by atoms with Gasteiger partial charge in [0.2, 0.25) is 0 Å². The number of rotatable bonds is 5. The van der Waals surface area contributed by atoms with E-state index in [9.17, 15) is 9.59 Å². The second kappa shape index (κ2) is 8.35. The van der Waals surface area contributed by atoms with Crippen molar-refractivity contribution in [1.29, 1.82) is 0 Å². The first-order valence-electron chi connectivity index (χ1n) is 8.76. The van der Waals surface area contributed by atoms with E-state index in [1.165, 1.54) is 18.5 Å². The Kier molecular flexibility index (Phi) is 5.69. The number of ether oxygens (including phenoxy) is 1. The SMILES string of the molecule is COc1ccc(NC(=O)c2cncc(C(=O)Nc3c(C)cccc3C)c2)cc1. The molecule has 28 heavy (non-hydrogen) atoms. The summed E-state index contributed by atoms with van der Waals surface area (Å²) in [6.45, 7) is 3.86. The Labute approximate surface area is 163 Å². The van der Waals surface area contributed by atoms with Gasteiger partial charge in [-0.05, 0) is 55.3 Å². The van der Waals surface area contributed by atoms with Crippen molar-refractivity contribution in [3.63, 3.8) is 0 Å². The largest absolute Gasteiger partial charge is 0.497 e. The normalized spacial score (nSPS) is 10.2. The fraction of sp³-hybridized carbons (Fsp3) is 0.136. The van der Waals surface area contributed by atoms with Crippen molar-refractivity contribution in [3.8, 4) is 5.75 Å². The first-order valence-corrected chi connectivity index (χ1v) is 8.76. The van der Waals surface area contributed by atoms with Gasteiger partial charge in [-0.3, -0.25) is 14.6 Å². The molecule has 0 bridgehead atoms. The maximum atomic E-state index is 12.6. The van der Waals surface area contributed by atoms with E-state index in [4.69, 9.17) is 4.74 Å². The van der Waals surface area contributed by atoms with Crippen molar-refractivity contribution in [1.82, 2.24) is 4.98 Å². The molecule has 2 N–H and O–H groups in total. The summed E-state index contributed by atoms with van der Waals surface area (Å²) in [6.07, 6.45) is 2.86. The summed E-state index contributed by atoms with van der Waals surface area (Å²) >= 11 is 0. The third kappa shape index (κ3) is 4.35. The summed E-state index contributed by atoms with van der Waals surface area (Å²) in [6, 6.07) is 14.3. The third-order valence-electron chi connectivity index (χ3n) is 4.33. The molecule has 0 spiro atoms. The second-order valence-corrected chi connectivity index (χ2v) is 6.37. The highest BCUT2D eigenvalue weighted by Crippen LogP contribution is 2.21. The summed E-state index contributed by atoms with van der Waals surface area (Å²) in [5.74, 6) is 0.0354. The molecule has 0 aliphatic carbocycles. The Morgan fingerprint density at radius 1 is 0.857 bits per heavy atom. The molecule has 3 aromatic rings. The zero-order valence-corrected chi connectivity index (χ0v) is 15.9. The number of hydrogen-bond acceptors (Lipinski definition) is 4. The van der Waals surface area contributed by atoms with Crippen LogP contribution in [0.3, 0.4) is 0 Å². The third-order valence-corrected chi connectivity index (χ3v) is 4.33. The highest BCUT2D eigenvalue weighted by molar-refractivity contribution is 6.08. The maximum Gasteiger partial charge on any atom is 0.257 e. The van der Waals surface area contributed by atoms with Gasteiger partial charge in [0, 0.05) is 23.8 Å². The molecule has 0 atom stereocenters. The average molecular weight is 375 g/mol. The van der Waals surface area contributed by atoms with Crippen LogP contribution in [0.25, 0.3) is 0 Å². The number of para-hydroxylation sites is 1. The number of methoxy groups -OCH3 is 1. The predicted octanol–water partition coefficient (Wildman–Crippen LogP) is 4.21. The molecule has 6 heteroatoms. The van der Waals surface area contributed by atoms with E-state index in [0.717, 1.165) is 16.8 Å². The van der Waals surface area contributed by atoms with Crippen LogP contribution in [0.4, 0.5) is 11.4 Å².